The minimum absolute atomic E-state index is 0.250. The first-order chi connectivity index (χ1) is 10.8. The van der Waals surface area contributed by atoms with Gasteiger partial charge in [-0.25, -0.2) is 0 Å². The molecule has 1 aliphatic heterocycles. The second kappa shape index (κ2) is 5.61. The number of anilines is 1. The van der Waals surface area contributed by atoms with Gasteiger partial charge in [0.1, 0.15) is 12.7 Å². The number of hydrogen-bond acceptors (Lipinski definition) is 2. The number of carbonyl (C=O) groups excluding carboxylic acids is 1. The highest BCUT2D eigenvalue weighted by Crippen LogP contribution is 2.35. The maximum atomic E-state index is 12.9. The van der Waals surface area contributed by atoms with Crippen LogP contribution in [0.4, 0.5) is 18.9 Å². The number of benzene rings is 2. The number of para-hydroxylation sites is 1. The third-order valence-electron chi connectivity index (χ3n) is 3.76. The minimum atomic E-state index is -4.47. The van der Waals surface area contributed by atoms with Crippen molar-refractivity contribution in [1.82, 2.24) is 4.90 Å². The molecule has 3 nitrogen and oxygen atoms in total. The quantitative estimate of drug-likeness (QED) is 0.902. The van der Waals surface area contributed by atoms with Crippen molar-refractivity contribution in [2.45, 2.75) is 19.3 Å². The molecule has 6 heteroatoms. The SMILES string of the molecule is Cc1ccc([C@H]2Nc3ccccc3C(=O)N2CC(F)(F)F)cc1. The Morgan fingerprint density at radius 1 is 1.09 bits per heavy atom. The van der Waals surface area contributed by atoms with Gasteiger partial charge in [-0.1, -0.05) is 42.0 Å². The lowest BCUT2D eigenvalue weighted by Gasteiger charge is -2.38. The number of rotatable bonds is 2. The fraction of sp³-hybridized carbons (Fsp3) is 0.235. The summed E-state index contributed by atoms with van der Waals surface area (Å²) in [4.78, 5) is 13.4. The molecular weight excluding hydrogens is 305 g/mol. The number of alkyl halides is 3. The summed E-state index contributed by atoms with van der Waals surface area (Å²) in [7, 11) is 0. The molecule has 3 rings (SSSR count). The maximum Gasteiger partial charge on any atom is 0.406 e. The Kier molecular flexibility index (Phi) is 3.75. The molecule has 1 atom stereocenters. The Morgan fingerprint density at radius 2 is 1.74 bits per heavy atom. The summed E-state index contributed by atoms with van der Waals surface area (Å²) in [5.74, 6) is -0.623. The lowest BCUT2D eigenvalue weighted by Crippen LogP contribution is -2.47. The molecule has 1 amide bonds. The van der Waals surface area contributed by atoms with E-state index in [1.807, 2.05) is 19.1 Å². The highest BCUT2D eigenvalue weighted by Gasteiger charge is 2.40. The molecule has 0 fully saturated rings. The zero-order chi connectivity index (χ0) is 16.6. The first kappa shape index (κ1) is 15.4. The van der Waals surface area contributed by atoms with E-state index in [9.17, 15) is 18.0 Å². The van der Waals surface area contributed by atoms with E-state index in [0.29, 0.717) is 11.3 Å². The Labute approximate surface area is 131 Å². The van der Waals surface area contributed by atoms with Crippen LogP contribution in [0.1, 0.15) is 27.7 Å². The summed E-state index contributed by atoms with van der Waals surface area (Å²) >= 11 is 0. The van der Waals surface area contributed by atoms with Crippen LogP contribution in [0, 0.1) is 6.92 Å². The Morgan fingerprint density at radius 3 is 2.39 bits per heavy atom. The van der Waals surface area contributed by atoms with Gasteiger partial charge in [0.05, 0.1) is 5.56 Å². The molecule has 0 unspecified atom stereocenters. The standard InChI is InChI=1S/C17H15F3N2O/c1-11-6-8-12(9-7-11)15-21-14-5-3-2-4-13(14)16(23)22(15)10-17(18,19)20/h2-9,15,21H,10H2,1H3/t15-/m0/s1. The van der Waals surface area contributed by atoms with E-state index in [0.717, 1.165) is 10.5 Å². The summed E-state index contributed by atoms with van der Waals surface area (Å²) in [6.07, 6.45) is -5.31. The van der Waals surface area contributed by atoms with Crippen LogP contribution in [-0.2, 0) is 0 Å². The topological polar surface area (TPSA) is 32.3 Å². The third kappa shape index (κ3) is 3.16. The van der Waals surface area contributed by atoms with Crippen LogP contribution in [0.5, 0.6) is 0 Å². The molecule has 0 aliphatic carbocycles. The highest BCUT2D eigenvalue weighted by molar-refractivity contribution is 6.01. The lowest BCUT2D eigenvalue weighted by molar-refractivity contribution is -0.144. The van der Waals surface area contributed by atoms with Crippen molar-refractivity contribution in [2.24, 2.45) is 0 Å². The van der Waals surface area contributed by atoms with Gasteiger partial charge in [-0.15, -0.1) is 0 Å². The fourth-order valence-electron chi connectivity index (χ4n) is 2.66. The molecule has 1 N–H and O–H groups in total. The molecule has 0 aromatic heterocycles. The van der Waals surface area contributed by atoms with Crippen molar-refractivity contribution in [3.63, 3.8) is 0 Å². The van der Waals surface area contributed by atoms with E-state index in [1.54, 1.807) is 30.3 Å². The number of fused-ring (bicyclic) bond motifs is 1. The fourth-order valence-corrected chi connectivity index (χ4v) is 2.66. The molecule has 1 aliphatic rings. The van der Waals surface area contributed by atoms with Gasteiger partial charge >= 0.3 is 6.18 Å². The van der Waals surface area contributed by atoms with Gasteiger partial charge in [0.25, 0.3) is 5.91 Å². The average molecular weight is 320 g/mol. The molecule has 0 bridgehead atoms. The van der Waals surface area contributed by atoms with Crippen LogP contribution in [0.2, 0.25) is 0 Å². The average Bonchev–Trinajstić information content (AvgIpc) is 2.50. The summed E-state index contributed by atoms with van der Waals surface area (Å²) < 4.78 is 38.8. The molecule has 2 aromatic rings. The molecule has 23 heavy (non-hydrogen) atoms. The zero-order valence-corrected chi connectivity index (χ0v) is 12.4. The van der Waals surface area contributed by atoms with Crippen molar-refractivity contribution in [1.29, 1.82) is 0 Å². The van der Waals surface area contributed by atoms with E-state index in [4.69, 9.17) is 0 Å². The third-order valence-corrected chi connectivity index (χ3v) is 3.76. The van der Waals surface area contributed by atoms with E-state index in [-0.39, 0.29) is 5.56 Å². The van der Waals surface area contributed by atoms with Crippen molar-refractivity contribution in [2.75, 3.05) is 11.9 Å². The van der Waals surface area contributed by atoms with Crippen LogP contribution >= 0.6 is 0 Å². The van der Waals surface area contributed by atoms with Gasteiger partial charge in [-0.2, -0.15) is 13.2 Å². The van der Waals surface area contributed by atoms with Crippen LogP contribution < -0.4 is 5.32 Å². The van der Waals surface area contributed by atoms with Crippen molar-refractivity contribution < 1.29 is 18.0 Å². The van der Waals surface area contributed by atoms with Gasteiger partial charge in [0.15, 0.2) is 0 Å². The Hall–Kier alpha value is -2.50. The number of hydrogen-bond donors (Lipinski definition) is 1. The molecule has 0 saturated heterocycles. The van der Waals surface area contributed by atoms with Crippen LogP contribution in [0.15, 0.2) is 48.5 Å². The van der Waals surface area contributed by atoms with Gasteiger partial charge < -0.3 is 10.2 Å². The van der Waals surface area contributed by atoms with Crippen LogP contribution in [0.3, 0.4) is 0 Å². The maximum absolute atomic E-state index is 12.9. The first-order valence-electron chi connectivity index (χ1n) is 7.15. The van der Waals surface area contributed by atoms with Gasteiger partial charge in [0, 0.05) is 5.69 Å². The van der Waals surface area contributed by atoms with Gasteiger partial charge in [0.2, 0.25) is 0 Å². The number of halogens is 3. The van der Waals surface area contributed by atoms with Gasteiger partial charge in [-0.05, 0) is 24.6 Å². The van der Waals surface area contributed by atoms with Crippen LogP contribution in [-0.4, -0.2) is 23.5 Å². The van der Waals surface area contributed by atoms with Crippen molar-refractivity contribution >= 4 is 11.6 Å². The molecule has 2 aromatic carbocycles. The molecule has 0 radical (unpaired) electrons. The van der Waals surface area contributed by atoms with E-state index < -0.39 is 24.8 Å². The Balaban J connectivity index is 2.04. The summed E-state index contributed by atoms with van der Waals surface area (Å²) in [5, 5.41) is 3.04. The number of nitrogens with zero attached hydrogens (tertiary/aromatic N) is 1. The zero-order valence-electron chi connectivity index (χ0n) is 12.4. The van der Waals surface area contributed by atoms with E-state index in [1.165, 1.54) is 6.07 Å². The largest absolute Gasteiger partial charge is 0.406 e. The summed E-state index contributed by atoms with van der Waals surface area (Å²) in [5.41, 5.74) is 2.41. The van der Waals surface area contributed by atoms with E-state index in [2.05, 4.69) is 5.32 Å². The lowest BCUT2D eigenvalue weighted by atomic mass is 10.0. The monoisotopic (exact) mass is 320 g/mol. The molecule has 0 spiro atoms. The molecule has 0 saturated carbocycles. The molecule has 1 heterocycles. The predicted octanol–water partition coefficient (Wildman–Crippen LogP) is 4.12. The number of carbonyl (C=O) groups is 1. The van der Waals surface area contributed by atoms with Crippen molar-refractivity contribution in [3.8, 4) is 0 Å². The normalized spacial score (nSPS) is 17.7. The molecular formula is C17H15F3N2O. The molecule has 120 valence electrons. The number of amides is 1. The highest BCUT2D eigenvalue weighted by atomic mass is 19.4. The predicted molar refractivity (Wildman–Crippen MR) is 81.1 cm³/mol. The van der Waals surface area contributed by atoms with Gasteiger partial charge in [-0.3, -0.25) is 4.79 Å². The number of nitrogens with one attached hydrogen (secondary N) is 1. The second-order valence-corrected chi connectivity index (χ2v) is 5.55. The van der Waals surface area contributed by atoms with E-state index >= 15 is 0 Å². The first-order valence-corrected chi connectivity index (χ1v) is 7.15. The van der Waals surface area contributed by atoms with Crippen LogP contribution in [0.25, 0.3) is 0 Å². The smallest absolute Gasteiger partial charge is 0.361 e. The summed E-state index contributed by atoms with van der Waals surface area (Å²) in [6, 6.07) is 13.7. The number of aryl methyl sites for hydroxylation is 1. The van der Waals surface area contributed by atoms with Crippen molar-refractivity contribution in [3.05, 3.63) is 65.2 Å². The minimum Gasteiger partial charge on any atom is -0.361 e. The second-order valence-electron chi connectivity index (χ2n) is 5.55. The Bertz CT molecular complexity index is 725. The summed E-state index contributed by atoms with van der Waals surface area (Å²) in [6.45, 7) is 0.595.